The summed E-state index contributed by atoms with van der Waals surface area (Å²) in [5.41, 5.74) is 3.56. The largest absolute Gasteiger partial charge is 0.436 e. The van der Waals surface area contributed by atoms with Gasteiger partial charge in [-0.15, -0.1) is 0 Å². The van der Waals surface area contributed by atoms with Crippen LogP contribution < -0.4 is 5.32 Å². The normalized spacial score (nSPS) is 11.2. The maximum Gasteiger partial charge on any atom is 0.248 e. The minimum absolute atomic E-state index is 0.241. The number of hydrogen-bond acceptors (Lipinski definition) is 4. The zero-order chi connectivity index (χ0) is 19.5. The molecule has 0 aliphatic carbocycles. The molecule has 2 aromatic heterocycles. The summed E-state index contributed by atoms with van der Waals surface area (Å²) in [5.74, 6) is 0.226. The quantitative estimate of drug-likeness (QED) is 0.386. The van der Waals surface area contributed by atoms with Gasteiger partial charge in [0, 0.05) is 33.7 Å². The maximum absolute atomic E-state index is 12.2. The van der Waals surface area contributed by atoms with E-state index >= 15 is 0 Å². The molecule has 0 aliphatic heterocycles. The van der Waals surface area contributed by atoms with Crippen LogP contribution in [0.4, 0.5) is 5.69 Å². The first kappa shape index (κ1) is 18.4. The van der Waals surface area contributed by atoms with Gasteiger partial charge in [-0.05, 0) is 64.0 Å². The molecule has 1 N–H and O–H groups in total. The Morgan fingerprint density at radius 3 is 2.71 bits per heavy atom. The second-order valence-electron chi connectivity index (χ2n) is 5.97. The average molecular weight is 455 g/mol. The number of anilines is 1. The predicted molar refractivity (Wildman–Crippen MR) is 114 cm³/mol. The van der Waals surface area contributed by atoms with Crippen molar-refractivity contribution in [1.29, 1.82) is 0 Å². The highest BCUT2D eigenvalue weighted by atomic mass is 79.9. The fourth-order valence-corrected chi connectivity index (χ4v) is 3.08. The van der Waals surface area contributed by atoms with Gasteiger partial charge in [0.2, 0.25) is 11.8 Å². The van der Waals surface area contributed by atoms with E-state index in [0.717, 1.165) is 15.6 Å². The first-order chi connectivity index (χ1) is 13.6. The highest BCUT2D eigenvalue weighted by Crippen LogP contribution is 2.27. The second kappa shape index (κ2) is 7.96. The molecule has 4 aromatic rings. The van der Waals surface area contributed by atoms with Crippen LogP contribution in [-0.2, 0) is 4.79 Å². The fraction of sp³-hybridized carbons (Fsp3) is 0. The molecule has 4 rings (SSSR count). The van der Waals surface area contributed by atoms with Crippen molar-refractivity contribution in [3.63, 3.8) is 0 Å². The van der Waals surface area contributed by atoms with Crippen molar-refractivity contribution in [2.45, 2.75) is 0 Å². The molecule has 0 spiro atoms. The molecule has 0 radical (unpaired) electrons. The van der Waals surface area contributed by atoms with E-state index in [9.17, 15) is 4.79 Å². The van der Waals surface area contributed by atoms with E-state index < -0.39 is 0 Å². The number of fused-ring (bicyclic) bond motifs is 1. The van der Waals surface area contributed by atoms with E-state index in [0.29, 0.717) is 27.7 Å². The van der Waals surface area contributed by atoms with Crippen LogP contribution in [0.1, 0.15) is 5.56 Å². The Labute approximate surface area is 174 Å². The molecule has 28 heavy (non-hydrogen) atoms. The van der Waals surface area contributed by atoms with Crippen LogP contribution in [0, 0.1) is 0 Å². The van der Waals surface area contributed by atoms with Crippen molar-refractivity contribution in [2.24, 2.45) is 0 Å². The highest BCUT2D eigenvalue weighted by Gasteiger charge is 2.10. The van der Waals surface area contributed by atoms with E-state index in [1.54, 1.807) is 48.8 Å². The molecule has 1 amide bonds. The molecule has 0 fully saturated rings. The lowest BCUT2D eigenvalue weighted by atomic mass is 10.2. The number of nitrogens with zero attached hydrogens (tertiary/aromatic N) is 2. The van der Waals surface area contributed by atoms with E-state index in [4.69, 9.17) is 16.0 Å². The zero-order valence-corrected chi connectivity index (χ0v) is 16.7. The first-order valence-electron chi connectivity index (χ1n) is 8.33. The summed E-state index contributed by atoms with van der Waals surface area (Å²) in [6.45, 7) is 0. The molecule has 0 bridgehead atoms. The minimum atomic E-state index is -0.241. The molecule has 0 atom stereocenters. The van der Waals surface area contributed by atoms with E-state index in [2.05, 4.69) is 31.2 Å². The molecular formula is C21H13BrClN3O2. The fourth-order valence-electron chi connectivity index (χ4n) is 2.59. The smallest absolute Gasteiger partial charge is 0.248 e. The number of aromatic nitrogens is 2. The van der Waals surface area contributed by atoms with E-state index in [1.807, 2.05) is 18.2 Å². The number of halogens is 2. The molecule has 0 saturated heterocycles. The van der Waals surface area contributed by atoms with Gasteiger partial charge in [-0.25, -0.2) is 4.98 Å². The monoisotopic (exact) mass is 453 g/mol. The van der Waals surface area contributed by atoms with Gasteiger partial charge in [0.05, 0.1) is 5.56 Å². The summed E-state index contributed by atoms with van der Waals surface area (Å²) in [5, 5.41) is 3.47. The van der Waals surface area contributed by atoms with Crippen LogP contribution in [0.3, 0.4) is 0 Å². The summed E-state index contributed by atoms with van der Waals surface area (Å²) in [7, 11) is 0. The third-order valence-electron chi connectivity index (χ3n) is 3.90. The van der Waals surface area contributed by atoms with Crippen LogP contribution >= 0.6 is 27.5 Å². The van der Waals surface area contributed by atoms with Gasteiger partial charge < -0.3 is 9.73 Å². The Bertz CT molecular complexity index is 1190. The van der Waals surface area contributed by atoms with Crippen molar-refractivity contribution in [3.05, 3.63) is 82.1 Å². The Balaban J connectivity index is 1.51. The predicted octanol–water partition coefficient (Wildman–Crippen LogP) is 5.96. The number of nitrogens with one attached hydrogen (secondary N) is 1. The third kappa shape index (κ3) is 4.30. The number of benzene rings is 2. The van der Waals surface area contributed by atoms with Crippen molar-refractivity contribution in [3.8, 4) is 11.5 Å². The van der Waals surface area contributed by atoms with Gasteiger partial charge >= 0.3 is 0 Å². The Morgan fingerprint density at radius 2 is 1.93 bits per heavy atom. The summed E-state index contributed by atoms with van der Waals surface area (Å²) in [4.78, 5) is 20.8. The lowest BCUT2D eigenvalue weighted by Gasteiger charge is -2.01. The molecule has 138 valence electrons. The number of pyridine rings is 1. The topological polar surface area (TPSA) is 68.0 Å². The Kier molecular flexibility index (Phi) is 5.23. The minimum Gasteiger partial charge on any atom is -0.436 e. The number of oxazole rings is 1. The van der Waals surface area contributed by atoms with Crippen LogP contribution in [-0.4, -0.2) is 15.9 Å². The van der Waals surface area contributed by atoms with Crippen LogP contribution in [0.5, 0.6) is 0 Å². The molecule has 0 aliphatic rings. The molecule has 5 nitrogen and oxygen atoms in total. The number of hydrogen-bond donors (Lipinski definition) is 1. The summed E-state index contributed by atoms with van der Waals surface area (Å²) in [6, 6.07) is 14.4. The van der Waals surface area contributed by atoms with Crippen LogP contribution in [0.2, 0.25) is 5.02 Å². The summed E-state index contributed by atoms with van der Waals surface area (Å²) in [6.07, 6.45) is 6.56. The van der Waals surface area contributed by atoms with E-state index in [1.165, 1.54) is 6.08 Å². The second-order valence-corrected chi connectivity index (χ2v) is 7.32. The van der Waals surface area contributed by atoms with Gasteiger partial charge in [0.15, 0.2) is 5.58 Å². The first-order valence-corrected chi connectivity index (χ1v) is 9.50. The molecule has 0 saturated carbocycles. The van der Waals surface area contributed by atoms with Crippen molar-refractivity contribution in [1.82, 2.24) is 9.97 Å². The highest BCUT2D eigenvalue weighted by molar-refractivity contribution is 9.10. The zero-order valence-electron chi connectivity index (χ0n) is 14.4. The van der Waals surface area contributed by atoms with Gasteiger partial charge in [-0.2, -0.15) is 0 Å². The lowest BCUT2D eigenvalue weighted by Crippen LogP contribution is -2.07. The number of rotatable bonds is 4. The van der Waals surface area contributed by atoms with Gasteiger partial charge in [0.1, 0.15) is 5.52 Å². The molecule has 2 aromatic carbocycles. The van der Waals surface area contributed by atoms with Gasteiger partial charge in [0.25, 0.3) is 0 Å². The lowest BCUT2D eigenvalue weighted by molar-refractivity contribution is -0.111. The van der Waals surface area contributed by atoms with Crippen LogP contribution in [0.15, 0.2) is 75.9 Å². The van der Waals surface area contributed by atoms with Crippen molar-refractivity contribution >= 4 is 56.3 Å². The average Bonchev–Trinajstić information content (AvgIpc) is 3.11. The van der Waals surface area contributed by atoms with Gasteiger partial charge in [-0.1, -0.05) is 23.7 Å². The molecule has 2 heterocycles. The van der Waals surface area contributed by atoms with Crippen molar-refractivity contribution in [2.75, 3.05) is 5.32 Å². The van der Waals surface area contributed by atoms with Crippen LogP contribution in [0.25, 0.3) is 28.6 Å². The number of carbonyl (C=O) groups is 1. The Hall–Kier alpha value is -2.96. The summed E-state index contributed by atoms with van der Waals surface area (Å²) < 4.78 is 6.62. The number of carbonyl (C=O) groups excluding carboxylic acids is 1. The molecular weight excluding hydrogens is 442 g/mol. The number of amides is 1. The SMILES string of the molecule is O=C(/C=C/c1ccc(Cl)cc1)Nc1ccc2oc(-c3cncc(Br)c3)nc2c1. The van der Waals surface area contributed by atoms with Crippen molar-refractivity contribution < 1.29 is 9.21 Å². The standard InChI is InChI=1S/C21H13BrClN3O2/c22-15-9-14(11-24-12-15)21-26-18-10-17(6-7-19(18)28-21)25-20(27)8-3-13-1-4-16(23)5-2-13/h1-12H,(H,25,27)/b8-3+. The maximum atomic E-state index is 12.2. The summed E-state index contributed by atoms with van der Waals surface area (Å²) >= 11 is 9.24. The molecule has 0 unspecified atom stereocenters. The van der Waals surface area contributed by atoms with Gasteiger partial charge in [-0.3, -0.25) is 9.78 Å². The molecule has 7 heteroatoms. The third-order valence-corrected chi connectivity index (χ3v) is 4.59. The van der Waals surface area contributed by atoms with E-state index in [-0.39, 0.29) is 5.91 Å². The Morgan fingerprint density at radius 1 is 1.11 bits per heavy atom.